The van der Waals surface area contributed by atoms with Crippen molar-refractivity contribution in [1.82, 2.24) is 5.64 Å². The number of carboxylic acid groups (broad SMARTS) is 2. The van der Waals surface area contributed by atoms with E-state index in [1.807, 2.05) is 13.8 Å². The Balaban J connectivity index is 0. The van der Waals surface area contributed by atoms with E-state index in [1.54, 1.807) is 0 Å². The standard InChI is InChI=1S/C4H11NO2.CH2O3/c1-3-6-5-7-4-2;2-1(3)4/h5H,3-4H2,1-2H3;(H2,2,3,4). The molecule has 0 aromatic rings. The Morgan fingerprint density at radius 1 is 1.27 bits per heavy atom. The molecule has 0 saturated heterocycles. The first kappa shape index (κ1) is 12.8. The van der Waals surface area contributed by atoms with Crippen LogP contribution in [0.4, 0.5) is 4.79 Å². The molecule has 0 aromatic heterocycles. The summed E-state index contributed by atoms with van der Waals surface area (Å²) in [4.78, 5) is 17.8. The maximum absolute atomic E-state index is 8.56. The smallest absolute Gasteiger partial charge is 0.450 e. The third-order valence-corrected chi connectivity index (χ3v) is 0.407. The number of carbonyl (C=O) groups is 1. The highest BCUT2D eigenvalue weighted by Gasteiger charge is 1.74. The zero-order valence-corrected chi connectivity index (χ0v) is 6.53. The summed E-state index contributed by atoms with van der Waals surface area (Å²) in [7, 11) is 0. The summed E-state index contributed by atoms with van der Waals surface area (Å²) in [5.41, 5.74) is 2.28. The van der Waals surface area contributed by atoms with Crippen LogP contribution >= 0.6 is 0 Å². The lowest BCUT2D eigenvalue weighted by Gasteiger charge is -1.98. The summed E-state index contributed by atoms with van der Waals surface area (Å²) in [5.74, 6) is 0. The predicted molar refractivity (Wildman–Crippen MR) is 37.0 cm³/mol. The van der Waals surface area contributed by atoms with Crippen molar-refractivity contribution in [1.29, 1.82) is 0 Å². The van der Waals surface area contributed by atoms with Gasteiger partial charge >= 0.3 is 6.16 Å². The molecule has 0 fully saturated rings. The molecule has 6 heteroatoms. The summed E-state index contributed by atoms with van der Waals surface area (Å²) in [5, 5.41) is 13.9. The molecule has 11 heavy (non-hydrogen) atoms. The molecule has 6 nitrogen and oxygen atoms in total. The molecule has 68 valence electrons. The van der Waals surface area contributed by atoms with Gasteiger partial charge in [0, 0.05) is 0 Å². The monoisotopic (exact) mass is 167 g/mol. The molecule has 0 heterocycles. The van der Waals surface area contributed by atoms with E-state index in [4.69, 9.17) is 15.0 Å². The second kappa shape index (κ2) is 11.9. The van der Waals surface area contributed by atoms with Crippen LogP contribution < -0.4 is 5.64 Å². The molecular weight excluding hydrogens is 154 g/mol. The Hall–Kier alpha value is -0.850. The van der Waals surface area contributed by atoms with Gasteiger partial charge in [-0.15, -0.1) is 0 Å². The van der Waals surface area contributed by atoms with Crippen molar-refractivity contribution in [2.24, 2.45) is 0 Å². The largest absolute Gasteiger partial charge is 0.503 e. The SMILES string of the molecule is CCONOCC.O=C(O)O. The third kappa shape index (κ3) is 47.1. The van der Waals surface area contributed by atoms with Crippen LogP contribution in [0.1, 0.15) is 13.8 Å². The summed E-state index contributed by atoms with van der Waals surface area (Å²) >= 11 is 0. The normalized spacial score (nSPS) is 8.18. The molecular formula is C5H13NO5. The van der Waals surface area contributed by atoms with Crippen molar-refractivity contribution < 1.29 is 24.7 Å². The number of nitrogens with one attached hydrogen (secondary N) is 1. The fraction of sp³-hybridized carbons (Fsp3) is 0.800. The highest BCUT2D eigenvalue weighted by Crippen LogP contribution is 1.64. The van der Waals surface area contributed by atoms with Gasteiger partial charge in [-0.25, -0.2) is 4.79 Å². The van der Waals surface area contributed by atoms with Gasteiger partial charge in [0.1, 0.15) is 0 Å². The molecule has 0 unspecified atom stereocenters. The molecule has 0 amide bonds. The molecule has 0 saturated carbocycles. The first-order chi connectivity index (χ1) is 5.15. The van der Waals surface area contributed by atoms with Crippen molar-refractivity contribution in [3.05, 3.63) is 0 Å². The minimum atomic E-state index is -1.83. The molecule has 0 rings (SSSR count). The summed E-state index contributed by atoms with van der Waals surface area (Å²) in [6, 6.07) is 0. The van der Waals surface area contributed by atoms with Gasteiger partial charge in [0.05, 0.1) is 13.2 Å². The van der Waals surface area contributed by atoms with Crippen molar-refractivity contribution in [3.63, 3.8) is 0 Å². The van der Waals surface area contributed by atoms with Gasteiger partial charge in [0.15, 0.2) is 0 Å². The molecule has 0 radical (unpaired) electrons. The molecule has 3 N–H and O–H groups in total. The van der Waals surface area contributed by atoms with Crippen LogP contribution in [0.3, 0.4) is 0 Å². The van der Waals surface area contributed by atoms with Crippen LogP contribution in [0, 0.1) is 0 Å². The lowest BCUT2D eigenvalue weighted by molar-refractivity contribution is -0.163. The van der Waals surface area contributed by atoms with Crippen molar-refractivity contribution in [2.45, 2.75) is 13.8 Å². The van der Waals surface area contributed by atoms with E-state index in [0.717, 1.165) is 0 Å². The van der Waals surface area contributed by atoms with Gasteiger partial charge in [0.2, 0.25) is 0 Å². The Morgan fingerprint density at radius 2 is 1.55 bits per heavy atom. The average Bonchev–Trinajstić information content (AvgIpc) is 1.88. The van der Waals surface area contributed by atoms with E-state index in [0.29, 0.717) is 13.2 Å². The fourth-order valence-corrected chi connectivity index (χ4v) is 0.160. The van der Waals surface area contributed by atoms with Crippen molar-refractivity contribution in [2.75, 3.05) is 13.2 Å². The fourth-order valence-electron chi connectivity index (χ4n) is 0.160. The van der Waals surface area contributed by atoms with Crippen LogP contribution in [0.2, 0.25) is 0 Å². The zero-order chi connectivity index (χ0) is 9.11. The number of rotatable bonds is 4. The third-order valence-electron chi connectivity index (χ3n) is 0.407. The Morgan fingerprint density at radius 3 is 1.73 bits per heavy atom. The van der Waals surface area contributed by atoms with E-state index in [9.17, 15) is 0 Å². The maximum Gasteiger partial charge on any atom is 0.503 e. The first-order valence-corrected chi connectivity index (χ1v) is 3.05. The highest BCUT2D eigenvalue weighted by molar-refractivity contribution is 5.53. The highest BCUT2D eigenvalue weighted by atomic mass is 16.9. The zero-order valence-electron chi connectivity index (χ0n) is 6.53. The molecule has 0 aliphatic rings. The van der Waals surface area contributed by atoms with Gasteiger partial charge in [-0.1, -0.05) is 5.64 Å². The van der Waals surface area contributed by atoms with Gasteiger partial charge in [0.25, 0.3) is 0 Å². The molecule has 0 bridgehead atoms. The van der Waals surface area contributed by atoms with Crippen molar-refractivity contribution in [3.8, 4) is 0 Å². The minimum absolute atomic E-state index is 0.625. The van der Waals surface area contributed by atoms with Gasteiger partial charge < -0.3 is 10.2 Å². The van der Waals surface area contributed by atoms with Gasteiger partial charge in [-0.2, -0.15) is 0 Å². The lowest BCUT2D eigenvalue weighted by atomic mass is 10.9. The lowest BCUT2D eigenvalue weighted by Crippen LogP contribution is -2.14. The minimum Gasteiger partial charge on any atom is -0.450 e. The maximum atomic E-state index is 8.56. The molecule has 0 aliphatic heterocycles. The molecule has 0 atom stereocenters. The Bertz CT molecular complexity index is 78.9. The van der Waals surface area contributed by atoms with E-state index < -0.39 is 6.16 Å². The summed E-state index contributed by atoms with van der Waals surface area (Å²) < 4.78 is 0. The Kier molecular flexibility index (Phi) is 13.8. The number of hydrogen-bond acceptors (Lipinski definition) is 4. The molecule has 0 aromatic carbocycles. The average molecular weight is 167 g/mol. The predicted octanol–water partition coefficient (Wildman–Crippen LogP) is 0.701. The second-order valence-electron chi connectivity index (χ2n) is 1.23. The van der Waals surface area contributed by atoms with E-state index in [2.05, 4.69) is 15.3 Å². The summed E-state index contributed by atoms with van der Waals surface area (Å²) in [6.45, 7) is 5.01. The quantitative estimate of drug-likeness (QED) is 0.422. The summed E-state index contributed by atoms with van der Waals surface area (Å²) in [6.07, 6.45) is -1.83. The molecule has 0 spiro atoms. The van der Waals surface area contributed by atoms with Crippen LogP contribution in [-0.4, -0.2) is 29.6 Å². The van der Waals surface area contributed by atoms with Gasteiger partial charge in [-0.05, 0) is 13.8 Å². The second-order valence-corrected chi connectivity index (χ2v) is 1.23. The Labute approximate surface area is 64.6 Å². The molecule has 0 aliphatic carbocycles. The van der Waals surface area contributed by atoms with E-state index in [-0.39, 0.29) is 0 Å². The van der Waals surface area contributed by atoms with Crippen LogP contribution in [-0.2, 0) is 9.68 Å². The first-order valence-electron chi connectivity index (χ1n) is 3.05. The topological polar surface area (TPSA) is 88.0 Å². The van der Waals surface area contributed by atoms with Crippen molar-refractivity contribution >= 4 is 6.16 Å². The van der Waals surface area contributed by atoms with Gasteiger partial charge in [-0.3, -0.25) is 9.68 Å². The van der Waals surface area contributed by atoms with Crippen LogP contribution in [0.25, 0.3) is 0 Å². The van der Waals surface area contributed by atoms with Crippen LogP contribution in [0.5, 0.6) is 0 Å². The van der Waals surface area contributed by atoms with Crippen LogP contribution in [0.15, 0.2) is 0 Å². The number of hydrogen-bond donors (Lipinski definition) is 3. The van der Waals surface area contributed by atoms with E-state index >= 15 is 0 Å². The van der Waals surface area contributed by atoms with E-state index in [1.165, 1.54) is 0 Å².